The second kappa shape index (κ2) is 7.92. The maximum Gasteiger partial charge on any atom is 0.294 e. The standard InChI is InChI=1S/C20H24N4O4/c1-13(2)10-11-22(15-8-9-15)20(26)19-18(25)12-14(3)23(21-19)16-6-4-5-7-17(16)24(27)28/h4-7,12-13,15H,8-11H2,1-3H3. The van der Waals surface area contributed by atoms with E-state index >= 15 is 0 Å². The zero-order valence-electron chi connectivity index (χ0n) is 16.3. The molecule has 0 spiro atoms. The Morgan fingerprint density at radius 1 is 1.36 bits per heavy atom. The highest BCUT2D eigenvalue weighted by Gasteiger charge is 2.34. The summed E-state index contributed by atoms with van der Waals surface area (Å²) in [7, 11) is 0. The van der Waals surface area contributed by atoms with E-state index in [9.17, 15) is 19.7 Å². The fraction of sp³-hybridized carbons (Fsp3) is 0.450. The van der Waals surface area contributed by atoms with Crippen molar-refractivity contribution in [3.8, 4) is 5.69 Å². The molecule has 1 aliphatic carbocycles. The number of nitro benzene ring substituents is 1. The van der Waals surface area contributed by atoms with Crippen LogP contribution in [0.1, 0.15) is 49.3 Å². The first kappa shape index (κ1) is 19.7. The van der Waals surface area contributed by atoms with E-state index in [1.807, 2.05) is 0 Å². The second-order valence-corrected chi connectivity index (χ2v) is 7.57. The molecule has 1 heterocycles. The molecule has 0 unspecified atom stereocenters. The third-order valence-corrected chi connectivity index (χ3v) is 4.81. The summed E-state index contributed by atoms with van der Waals surface area (Å²) in [4.78, 5) is 38.2. The van der Waals surface area contributed by atoms with Gasteiger partial charge in [-0.3, -0.25) is 19.7 Å². The molecule has 8 nitrogen and oxygen atoms in total. The zero-order chi connectivity index (χ0) is 20.4. The van der Waals surface area contributed by atoms with Crippen LogP contribution in [0.2, 0.25) is 0 Å². The fourth-order valence-electron chi connectivity index (χ4n) is 3.11. The van der Waals surface area contributed by atoms with Crippen molar-refractivity contribution in [1.29, 1.82) is 0 Å². The monoisotopic (exact) mass is 384 g/mol. The predicted octanol–water partition coefficient (Wildman–Crippen LogP) is 3.10. The molecule has 0 bridgehead atoms. The number of nitro groups is 1. The van der Waals surface area contributed by atoms with Crippen LogP contribution in [0.4, 0.5) is 5.69 Å². The Kier molecular flexibility index (Phi) is 5.58. The van der Waals surface area contributed by atoms with Crippen molar-refractivity contribution in [3.63, 3.8) is 0 Å². The van der Waals surface area contributed by atoms with Crippen molar-refractivity contribution in [1.82, 2.24) is 14.7 Å². The van der Waals surface area contributed by atoms with Crippen LogP contribution in [-0.2, 0) is 0 Å². The highest BCUT2D eigenvalue weighted by molar-refractivity contribution is 5.92. The lowest BCUT2D eigenvalue weighted by Gasteiger charge is -2.23. The lowest BCUT2D eigenvalue weighted by molar-refractivity contribution is -0.384. The average Bonchev–Trinajstić information content (AvgIpc) is 3.46. The molecule has 1 aliphatic rings. The van der Waals surface area contributed by atoms with Crippen molar-refractivity contribution in [3.05, 3.63) is 62.1 Å². The van der Waals surface area contributed by atoms with Crippen LogP contribution in [0.15, 0.2) is 35.1 Å². The van der Waals surface area contributed by atoms with Crippen LogP contribution in [0.3, 0.4) is 0 Å². The Labute approximate surface area is 162 Å². The first-order chi connectivity index (χ1) is 13.3. The fourth-order valence-corrected chi connectivity index (χ4v) is 3.11. The Bertz CT molecular complexity index is 963. The molecule has 28 heavy (non-hydrogen) atoms. The molecule has 1 fully saturated rings. The molecule has 0 aliphatic heterocycles. The molecule has 1 saturated carbocycles. The lowest BCUT2D eigenvalue weighted by atomic mass is 10.1. The molecule has 1 amide bonds. The predicted molar refractivity (Wildman–Crippen MR) is 105 cm³/mol. The van der Waals surface area contributed by atoms with E-state index in [0.29, 0.717) is 18.2 Å². The molecular formula is C20H24N4O4. The van der Waals surface area contributed by atoms with Crippen molar-refractivity contribution in [2.45, 2.75) is 46.1 Å². The van der Waals surface area contributed by atoms with Gasteiger partial charge in [0, 0.05) is 30.4 Å². The number of nitrogens with zero attached hydrogens (tertiary/aromatic N) is 4. The third kappa shape index (κ3) is 4.11. The van der Waals surface area contributed by atoms with Gasteiger partial charge in [-0.05, 0) is 38.2 Å². The Morgan fingerprint density at radius 2 is 2.04 bits per heavy atom. The van der Waals surface area contributed by atoms with E-state index in [2.05, 4.69) is 18.9 Å². The number of hydrogen-bond acceptors (Lipinski definition) is 5. The van der Waals surface area contributed by atoms with E-state index in [1.54, 1.807) is 30.0 Å². The Morgan fingerprint density at radius 3 is 2.64 bits per heavy atom. The molecule has 0 atom stereocenters. The number of para-hydroxylation sites is 2. The zero-order valence-corrected chi connectivity index (χ0v) is 16.3. The van der Waals surface area contributed by atoms with Gasteiger partial charge >= 0.3 is 0 Å². The molecule has 0 saturated heterocycles. The number of carbonyl (C=O) groups is 1. The molecule has 1 aromatic carbocycles. The molecule has 0 radical (unpaired) electrons. The maximum atomic E-state index is 13.1. The van der Waals surface area contributed by atoms with Crippen molar-refractivity contribution >= 4 is 11.6 Å². The van der Waals surface area contributed by atoms with Gasteiger partial charge in [-0.2, -0.15) is 5.10 Å². The van der Waals surface area contributed by atoms with E-state index < -0.39 is 16.3 Å². The van der Waals surface area contributed by atoms with Crippen LogP contribution in [-0.4, -0.2) is 38.1 Å². The number of carbonyl (C=O) groups excluding carboxylic acids is 1. The van der Waals surface area contributed by atoms with Gasteiger partial charge < -0.3 is 4.90 Å². The summed E-state index contributed by atoms with van der Waals surface area (Å²) in [5.74, 6) is 0.0316. The smallest absolute Gasteiger partial charge is 0.294 e. The lowest BCUT2D eigenvalue weighted by Crippen LogP contribution is -2.38. The molecule has 148 valence electrons. The van der Waals surface area contributed by atoms with Gasteiger partial charge in [-0.1, -0.05) is 26.0 Å². The minimum atomic E-state index is -0.505. The number of aromatic nitrogens is 2. The largest absolute Gasteiger partial charge is 0.334 e. The Balaban J connectivity index is 2.03. The maximum absolute atomic E-state index is 13.1. The summed E-state index contributed by atoms with van der Waals surface area (Å²) in [6.45, 7) is 6.38. The van der Waals surface area contributed by atoms with Gasteiger partial charge in [0.05, 0.1) is 4.92 Å². The average molecular weight is 384 g/mol. The van der Waals surface area contributed by atoms with Crippen molar-refractivity contribution < 1.29 is 9.72 Å². The SMILES string of the molecule is Cc1cc(=O)c(C(=O)N(CCC(C)C)C2CC2)nn1-c1ccccc1[N+](=O)[O-]. The van der Waals surface area contributed by atoms with Gasteiger partial charge in [0.1, 0.15) is 5.69 Å². The van der Waals surface area contributed by atoms with Gasteiger partial charge in [0.15, 0.2) is 5.69 Å². The van der Waals surface area contributed by atoms with Crippen LogP contribution in [0.5, 0.6) is 0 Å². The van der Waals surface area contributed by atoms with E-state index in [-0.39, 0.29) is 23.1 Å². The number of aryl methyl sites for hydroxylation is 1. The van der Waals surface area contributed by atoms with Gasteiger partial charge in [-0.15, -0.1) is 0 Å². The summed E-state index contributed by atoms with van der Waals surface area (Å²) in [5.41, 5.74) is -0.152. The van der Waals surface area contributed by atoms with E-state index in [4.69, 9.17) is 0 Å². The summed E-state index contributed by atoms with van der Waals surface area (Å²) in [6, 6.07) is 7.59. The topological polar surface area (TPSA) is 98.3 Å². The molecule has 0 N–H and O–H groups in total. The highest BCUT2D eigenvalue weighted by Crippen LogP contribution is 2.28. The van der Waals surface area contributed by atoms with Crippen LogP contribution in [0, 0.1) is 23.0 Å². The number of benzene rings is 1. The molecule has 1 aromatic heterocycles. The summed E-state index contributed by atoms with van der Waals surface area (Å²) in [5, 5.41) is 15.6. The van der Waals surface area contributed by atoms with Crippen LogP contribution in [0.25, 0.3) is 5.69 Å². The van der Waals surface area contributed by atoms with Crippen molar-refractivity contribution in [2.24, 2.45) is 5.92 Å². The highest BCUT2D eigenvalue weighted by atomic mass is 16.6. The molecule has 3 rings (SSSR count). The van der Waals surface area contributed by atoms with Crippen LogP contribution >= 0.6 is 0 Å². The summed E-state index contributed by atoms with van der Waals surface area (Å²) in [6.07, 6.45) is 2.69. The van der Waals surface area contributed by atoms with Gasteiger partial charge in [-0.25, -0.2) is 4.68 Å². The first-order valence-electron chi connectivity index (χ1n) is 9.45. The van der Waals surface area contributed by atoms with E-state index in [1.165, 1.54) is 16.8 Å². The minimum Gasteiger partial charge on any atom is -0.334 e. The second-order valence-electron chi connectivity index (χ2n) is 7.57. The molecule has 8 heteroatoms. The summed E-state index contributed by atoms with van der Waals surface area (Å²) >= 11 is 0. The van der Waals surface area contributed by atoms with Gasteiger partial charge in [0.25, 0.3) is 11.6 Å². The van der Waals surface area contributed by atoms with E-state index in [0.717, 1.165) is 19.3 Å². The minimum absolute atomic E-state index is 0.140. The van der Waals surface area contributed by atoms with Crippen LogP contribution < -0.4 is 5.43 Å². The van der Waals surface area contributed by atoms with Gasteiger partial charge in [0.2, 0.25) is 5.43 Å². The quantitative estimate of drug-likeness (QED) is 0.540. The first-order valence-corrected chi connectivity index (χ1v) is 9.45. The normalized spacial score (nSPS) is 13.6. The number of rotatable bonds is 7. The van der Waals surface area contributed by atoms with Crippen molar-refractivity contribution in [2.75, 3.05) is 6.54 Å². The third-order valence-electron chi connectivity index (χ3n) is 4.81. The molecular weight excluding hydrogens is 360 g/mol. The Hall–Kier alpha value is -3.03. The number of hydrogen-bond donors (Lipinski definition) is 0. The summed E-state index contributed by atoms with van der Waals surface area (Å²) < 4.78 is 1.31. The molecule has 2 aromatic rings. The number of amides is 1.